The SMILES string of the molecule is C[C@@](O)(C(=O)Nc1ccc(S(=O)(=O)Nc2ccc(S(N)(=O)=O)cc2)cc1Cl)C(F)(F)F. The van der Waals surface area contributed by atoms with Crippen LogP contribution in [0, 0.1) is 0 Å². The Labute approximate surface area is 180 Å². The molecular formula is C16H15ClF3N3O6S2. The quantitative estimate of drug-likeness (QED) is 0.474. The van der Waals surface area contributed by atoms with Gasteiger partial charge in [0.1, 0.15) is 0 Å². The van der Waals surface area contributed by atoms with E-state index in [2.05, 4.69) is 4.72 Å². The normalized spacial score (nSPS) is 14.5. The highest BCUT2D eigenvalue weighted by atomic mass is 35.5. The highest BCUT2D eigenvalue weighted by Gasteiger charge is 2.55. The maximum Gasteiger partial charge on any atom is 0.426 e. The first-order valence-corrected chi connectivity index (χ1v) is 11.4. The molecule has 0 unspecified atom stereocenters. The summed E-state index contributed by atoms with van der Waals surface area (Å²) < 4.78 is 87.7. The van der Waals surface area contributed by atoms with Crippen LogP contribution in [0.5, 0.6) is 0 Å². The zero-order valence-corrected chi connectivity index (χ0v) is 17.8. The van der Waals surface area contributed by atoms with Gasteiger partial charge in [-0.1, -0.05) is 11.6 Å². The van der Waals surface area contributed by atoms with Gasteiger partial charge in [0.05, 0.1) is 20.5 Å². The Balaban J connectivity index is 2.24. The van der Waals surface area contributed by atoms with Crippen molar-refractivity contribution in [1.82, 2.24) is 0 Å². The molecule has 15 heteroatoms. The third-order valence-corrected chi connectivity index (χ3v) is 6.55. The Bertz CT molecular complexity index is 1210. The minimum atomic E-state index is -5.25. The van der Waals surface area contributed by atoms with Gasteiger partial charge < -0.3 is 10.4 Å². The number of carbonyl (C=O) groups is 1. The van der Waals surface area contributed by atoms with Gasteiger partial charge in [0.2, 0.25) is 15.6 Å². The smallest absolute Gasteiger partial charge is 0.373 e. The largest absolute Gasteiger partial charge is 0.426 e. The van der Waals surface area contributed by atoms with Crippen LogP contribution >= 0.6 is 11.6 Å². The van der Waals surface area contributed by atoms with Crippen LogP contribution in [0.4, 0.5) is 24.5 Å². The summed E-state index contributed by atoms with van der Waals surface area (Å²) in [5, 5.41) is 15.7. The third kappa shape index (κ3) is 5.65. The van der Waals surface area contributed by atoms with Crippen LogP contribution in [0.15, 0.2) is 52.3 Å². The molecule has 1 atom stereocenters. The number of anilines is 2. The van der Waals surface area contributed by atoms with E-state index >= 15 is 0 Å². The molecule has 0 spiro atoms. The first kappa shape index (κ1) is 24.9. The topological polar surface area (TPSA) is 156 Å². The first-order valence-electron chi connectivity index (χ1n) is 8.01. The second-order valence-corrected chi connectivity index (χ2v) is 9.99. The van der Waals surface area contributed by atoms with Crippen LogP contribution in [0.3, 0.4) is 0 Å². The summed E-state index contributed by atoms with van der Waals surface area (Å²) in [6.45, 7) is 0.250. The van der Waals surface area contributed by atoms with E-state index in [-0.39, 0.29) is 23.2 Å². The summed E-state index contributed by atoms with van der Waals surface area (Å²) in [6, 6.07) is 7.19. The zero-order valence-electron chi connectivity index (χ0n) is 15.4. The molecule has 0 aromatic heterocycles. The molecule has 31 heavy (non-hydrogen) atoms. The van der Waals surface area contributed by atoms with E-state index in [0.717, 1.165) is 42.5 Å². The van der Waals surface area contributed by atoms with Crippen molar-refractivity contribution >= 4 is 48.9 Å². The van der Waals surface area contributed by atoms with Gasteiger partial charge in [-0.2, -0.15) is 13.2 Å². The van der Waals surface area contributed by atoms with Crippen molar-refractivity contribution in [2.24, 2.45) is 5.14 Å². The van der Waals surface area contributed by atoms with Crippen LogP contribution in [0.25, 0.3) is 0 Å². The van der Waals surface area contributed by atoms with Gasteiger partial charge in [-0.05, 0) is 49.4 Å². The van der Waals surface area contributed by atoms with E-state index < -0.39 is 47.6 Å². The average Bonchev–Trinajstić information content (AvgIpc) is 2.61. The lowest BCUT2D eigenvalue weighted by molar-refractivity contribution is -0.242. The lowest BCUT2D eigenvalue weighted by Gasteiger charge is -2.25. The molecule has 0 heterocycles. The van der Waals surface area contributed by atoms with Gasteiger partial charge in [0, 0.05) is 5.69 Å². The predicted molar refractivity (Wildman–Crippen MR) is 105 cm³/mol. The Hall–Kier alpha value is -2.39. The number of hydrogen-bond donors (Lipinski definition) is 4. The number of sulfonamides is 2. The minimum absolute atomic E-state index is 0.0119. The molecule has 2 aromatic carbocycles. The second-order valence-electron chi connectivity index (χ2n) is 6.34. The van der Waals surface area contributed by atoms with E-state index in [1.165, 1.54) is 0 Å². The van der Waals surface area contributed by atoms with Crippen molar-refractivity contribution in [2.45, 2.75) is 28.5 Å². The molecule has 2 aromatic rings. The molecule has 5 N–H and O–H groups in total. The molecule has 0 aliphatic rings. The molecular weight excluding hydrogens is 487 g/mol. The number of aliphatic hydroxyl groups is 1. The number of hydrogen-bond acceptors (Lipinski definition) is 6. The van der Waals surface area contributed by atoms with Crippen LogP contribution in [-0.2, 0) is 24.8 Å². The number of halogens is 4. The first-order chi connectivity index (χ1) is 13.9. The van der Waals surface area contributed by atoms with Gasteiger partial charge in [0.15, 0.2) is 0 Å². The minimum Gasteiger partial charge on any atom is -0.373 e. The Morgan fingerprint density at radius 3 is 2.00 bits per heavy atom. The summed E-state index contributed by atoms with van der Waals surface area (Å²) in [6.07, 6.45) is -5.25. The van der Waals surface area contributed by atoms with Crippen molar-refractivity contribution < 1.29 is 39.9 Å². The molecule has 2 rings (SSSR count). The van der Waals surface area contributed by atoms with E-state index in [0.29, 0.717) is 0 Å². The van der Waals surface area contributed by atoms with Gasteiger partial charge in [0.25, 0.3) is 15.9 Å². The highest BCUT2D eigenvalue weighted by molar-refractivity contribution is 7.92. The number of amides is 1. The van der Waals surface area contributed by atoms with E-state index in [9.17, 15) is 39.9 Å². The van der Waals surface area contributed by atoms with Gasteiger partial charge in [-0.15, -0.1) is 0 Å². The molecule has 0 aliphatic heterocycles. The fraction of sp³-hybridized carbons (Fsp3) is 0.188. The molecule has 1 amide bonds. The molecule has 0 aliphatic carbocycles. The van der Waals surface area contributed by atoms with Crippen molar-refractivity contribution in [1.29, 1.82) is 0 Å². The standard InChI is InChI=1S/C16H15ClF3N3O6S2/c1-15(25,16(18,19)20)14(24)22-13-7-6-11(8-12(13)17)31(28,29)23-9-2-4-10(5-3-9)30(21,26)27/h2-8,23,25H,1H3,(H,22,24)(H2,21,26,27)/t15-/m1/s1. The molecule has 170 valence electrons. The summed E-state index contributed by atoms with van der Waals surface area (Å²) in [5.41, 5.74) is -4.08. The Morgan fingerprint density at radius 1 is 1.03 bits per heavy atom. The maximum absolute atomic E-state index is 12.7. The van der Waals surface area contributed by atoms with Crippen LogP contribution < -0.4 is 15.2 Å². The predicted octanol–water partition coefficient (Wildman–Crippen LogP) is 2.04. The maximum atomic E-state index is 12.7. The molecule has 0 saturated carbocycles. The molecule has 0 saturated heterocycles. The van der Waals surface area contributed by atoms with Gasteiger partial charge >= 0.3 is 6.18 Å². The summed E-state index contributed by atoms with van der Waals surface area (Å²) in [7, 11) is -8.21. The summed E-state index contributed by atoms with van der Waals surface area (Å²) in [4.78, 5) is 11.1. The molecule has 0 fully saturated rings. The number of alkyl halides is 3. The molecule has 0 radical (unpaired) electrons. The number of nitrogens with two attached hydrogens (primary N) is 1. The third-order valence-electron chi connectivity index (χ3n) is 3.93. The monoisotopic (exact) mass is 501 g/mol. The second kappa shape index (κ2) is 8.27. The van der Waals surface area contributed by atoms with Crippen molar-refractivity contribution in [2.75, 3.05) is 10.0 Å². The lowest BCUT2D eigenvalue weighted by atomic mass is 10.1. The van der Waals surface area contributed by atoms with Crippen LogP contribution in [0.1, 0.15) is 6.92 Å². The summed E-state index contributed by atoms with van der Waals surface area (Å²) >= 11 is 5.87. The number of carbonyl (C=O) groups excluding carboxylic acids is 1. The lowest BCUT2D eigenvalue weighted by Crippen LogP contribution is -2.52. The zero-order chi connectivity index (χ0) is 23.8. The fourth-order valence-corrected chi connectivity index (χ4v) is 3.96. The van der Waals surface area contributed by atoms with Gasteiger partial charge in [-0.3, -0.25) is 9.52 Å². The van der Waals surface area contributed by atoms with E-state index in [1.54, 1.807) is 5.32 Å². The number of benzene rings is 2. The van der Waals surface area contributed by atoms with Crippen LogP contribution in [-0.4, -0.2) is 39.6 Å². The number of rotatable bonds is 6. The Morgan fingerprint density at radius 2 is 1.55 bits per heavy atom. The average molecular weight is 502 g/mol. The fourth-order valence-electron chi connectivity index (χ4n) is 2.06. The number of primary sulfonamides is 1. The van der Waals surface area contributed by atoms with Gasteiger partial charge in [-0.25, -0.2) is 22.0 Å². The number of nitrogens with one attached hydrogen (secondary N) is 2. The highest BCUT2D eigenvalue weighted by Crippen LogP contribution is 2.33. The van der Waals surface area contributed by atoms with Crippen molar-refractivity contribution in [3.8, 4) is 0 Å². The van der Waals surface area contributed by atoms with Crippen LogP contribution in [0.2, 0.25) is 5.02 Å². The van der Waals surface area contributed by atoms with E-state index in [4.69, 9.17) is 16.7 Å². The van der Waals surface area contributed by atoms with Crippen molar-refractivity contribution in [3.05, 3.63) is 47.5 Å². The van der Waals surface area contributed by atoms with Crippen molar-refractivity contribution in [3.63, 3.8) is 0 Å². The molecule has 0 bridgehead atoms. The van der Waals surface area contributed by atoms with E-state index in [1.807, 2.05) is 0 Å². The summed E-state index contributed by atoms with van der Waals surface area (Å²) in [5.74, 6) is -1.81. The molecule has 9 nitrogen and oxygen atoms in total. The Kier molecular flexibility index (Phi) is 6.64.